The monoisotopic (exact) mass is 451 g/mol. The van der Waals surface area contributed by atoms with Gasteiger partial charge in [0.2, 0.25) is 0 Å². The molecule has 5 nitrogen and oxygen atoms in total. The largest absolute Gasteiger partial charge is 0.387 e. The van der Waals surface area contributed by atoms with Gasteiger partial charge in [0, 0.05) is 18.6 Å². The molecule has 1 aromatic carbocycles. The van der Waals surface area contributed by atoms with Crippen LogP contribution in [0.25, 0.3) is 0 Å². The van der Waals surface area contributed by atoms with Crippen LogP contribution in [0, 0.1) is 0 Å². The SMILES string of the molecule is CN=C(NCC(O)c1ccc(Cl)cc1)NC1CC2CCC1O2.I. The molecule has 23 heavy (non-hydrogen) atoms. The highest BCUT2D eigenvalue weighted by molar-refractivity contribution is 14.0. The van der Waals surface area contributed by atoms with E-state index in [1.54, 1.807) is 19.2 Å². The summed E-state index contributed by atoms with van der Waals surface area (Å²) in [6, 6.07) is 7.53. The fourth-order valence-electron chi connectivity index (χ4n) is 3.16. The fraction of sp³-hybridized carbons (Fsp3) is 0.562. The Morgan fingerprint density at radius 3 is 2.70 bits per heavy atom. The highest BCUT2D eigenvalue weighted by Gasteiger charge is 2.41. The Morgan fingerprint density at radius 2 is 2.13 bits per heavy atom. The third-order valence-corrected chi connectivity index (χ3v) is 4.62. The lowest BCUT2D eigenvalue weighted by Gasteiger charge is -2.23. The lowest BCUT2D eigenvalue weighted by Crippen LogP contribution is -2.48. The number of halogens is 2. The van der Waals surface area contributed by atoms with Crippen LogP contribution in [0.1, 0.15) is 30.9 Å². The molecule has 0 radical (unpaired) electrons. The van der Waals surface area contributed by atoms with Crippen LogP contribution in [0.2, 0.25) is 5.02 Å². The molecule has 0 amide bonds. The standard InChI is InChI=1S/C16H22ClN3O2.HI/c1-18-16(20-13-8-12-6-7-15(13)22-12)19-9-14(21)10-2-4-11(17)5-3-10;/h2-5,12-15,21H,6-9H2,1H3,(H2,18,19,20);1H. The molecule has 3 N–H and O–H groups in total. The molecule has 0 saturated carbocycles. The van der Waals surface area contributed by atoms with E-state index < -0.39 is 6.10 Å². The number of hydrogen-bond donors (Lipinski definition) is 3. The van der Waals surface area contributed by atoms with Crippen molar-refractivity contribution in [3.05, 3.63) is 34.9 Å². The van der Waals surface area contributed by atoms with Gasteiger partial charge in [0.15, 0.2) is 5.96 Å². The Morgan fingerprint density at radius 1 is 1.39 bits per heavy atom. The number of nitrogens with zero attached hydrogens (tertiary/aromatic N) is 1. The van der Waals surface area contributed by atoms with Crippen LogP contribution in [-0.4, -0.2) is 42.9 Å². The normalized spacial score (nSPS) is 27.4. The van der Waals surface area contributed by atoms with E-state index in [0.29, 0.717) is 35.8 Å². The Labute approximate surface area is 158 Å². The van der Waals surface area contributed by atoms with Gasteiger partial charge in [0.25, 0.3) is 0 Å². The Kier molecular flexibility index (Phi) is 6.94. The summed E-state index contributed by atoms with van der Waals surface area (Å²) in [7, 11) is 1.73. The summed E-state index contributed by atoms with van der Waals surface area (Å²) in [6.45, 7) is 0.392. The molecule has 2 bridgehead atoms. The topological polar surface area (TPSA) is 65.9 Å². The zero-order valence-corrected chi connectivity index (χ0v) is 16.1. The zero-order chi connectivity index (χ0) is 15.5. The molecule has 2 fully saturated rings. The van der Waals surface area contributed by atoms with Crippen LogP contribution in [0.5, 0.6) is 0 Å². The Hall–Kier alpha value is -0.570. The zero-order valence-electron chi connectivity index (χ0n) is 13.0. The second-order valence-corrected chi connectivity index (χ2v) is 6.32. The average Bonchev–Trinajstić information content (AvgIpc) is 3.14. The molecular weight excluding hydrogens is 429 g/mol. The minimum Gasteiger partial charge on any atom is -0.387 e. The number of benzene rings is 1. The number of aliphatic hydroxyl groups is 1. The lowest BCUT2D eigenvalue weighted by molar-refractivity contribution is 0.0992. The second-order valence-electron chi connectivity index (χ2n) is 5.88. The maximum Gasteiger partial charge on any atom is 0.191 e. The number of rotatable bonds is 4. The van der Waals surface area contributed by atoms with Gasteiger partial charge in [-0.3, -0.25) is 4.99 Å². The highest BCUT2D eigenvalue weighted by atomic mass is 127. The third kappa shape index (κ3) is 4.71. The van der Waals surface area contributed by atoms with Crippen LogP contribution < -0.4 is 10.6 Å². The highest BCUT2D eigenvalue weighted by Crippen LogP contribution is 2.34. The number of aliphatic hydroxyl groups excluding tert-OH is 1. The van der Waals surface area contributed by atoms with Crippen molar-refractivity contribution in [1.82, 2.24) is 10.6 Å². The molecule has 2 aliphatic heterocycles. The minimum atomic E-state index is -0.605. The number of hydrogen-bond acceptors (Lipinski definition) is 3. The number of aliphatic imine (C=N–C) groups is 1. The van der Waals surface area contributed by atoms with Crippen molar-refractivity contribution in [3.63, 3.8) is 0 Å². The van der Waals surface area contributed by atoms with Gasteiger partial charge in [-0.15, -0.1) is 24.0 Å². The maximum absolute atomic E-state index is 10.2. The Balaban J connectivity index is 0.00000192. The predicted molar refractivity (Wildman–Crippen MR) is 103 cm³/mol. The first-order chi connectivity index (χ1) is 10.7. The van der Waals surface area contributed by atoms with E-state index in [1.807, 2.05) is 12.1 Å². The molecule has 128 valence electrons. The molecule has 0 spiro atoms. The van der Waals surface area contributed by atoms with Gasteiger partial charge in [-0.2, -0.15) is 0 Å². The molecule has 1 aromatic rings. The van der Waals surface area contributed by atoms with Gasteiger partial charge in [-0.25, -0.2) is 0 Å². The summed E-state index contributed by atoms with van der Waals surface area (Å²) < 4.78 is 5.83. The molecule has 7 heteroatoms. The van der Waals surface area contributed by atoms with E-state index in [4.69, 9.17) is 16.3 Å². The first-order valence-electron chi connectivity index (χ1n) is 7.72. The van der Waals surface area contributed by atoms with Gasteiger partial charge in [-0.1, -0.05) is 23.7 Å². The van der Waals surface area contributed by atoms with E-state index in [2.05, 4.69) is 15.6 Å². The Bertz CT molecular complexity index is 541. The fourth-order valence-corrected chi connectivity index (χ4v) is 3.28. The molecule has 0 aliphatic carbocycles. The number of ether oxygens (including phenoxy) is 1. The van der Waals surface area contributed by atoms with E-state index in [0.717, 1.165) is 18.4 Å². The van der Waals surface area contributed by atoms with Crippen LogP contribution >= 0.6 is 35.6 Å². The third-order valence-electron chi connectivity index (χ3n) is 4.37. The number of nitrogens with one attached hydrogen (secondary N) is 2. The van der Waals surface area contributed by atoms with Crippen LogP contribution in [0.4, 0.5) is 0 Å². The van der Waals surface area contributed by atoms with Crippen LogP contribution in [0.15, 0.2) is 29.3 Å². The smallest absolute Gasteiger partial charge is 0.191 e. The van der Waals surface area contributed by atoms with Gasteiger partial charge in [0.05, 0.1) is 24.4 Å². The minimum absolute atomic E-state index is 0. The van der Waals surface area contributed by atoms with E-state index in [-0.39, 0.29) is 24.0 Å². The van der Waals surface area contributed by atoms with Crippen LogP contribution in [-0.2, 0) is 4.74 Å². The number of fused-ring (bicyclic) bond motifs is 2. The summed E-state index contributed by atoms with van der Waals surface area (Å²) in [5.41, 5.74) is 0.829. The van der Waals surface area contributed by atoms with Gasteiger partial charge >= 0.3 is 0 Å². The molecule has 4 atom stereocenters. The van der Waals surface area contributed by atoms with Gasteiger partial charge < -0.3 is 20.5 Å². The van der Waals surface area contributed by atoms with Gasteiger partial charge in [0.1, 0.15) is 0 Å². The van der Waals surface area contributed by atoms with E-state index in [9.17, 15) is 5.11 Å². The molecule has 0 aromatic heterocycles. The van der Waals surface area contributed by atoms with Gasteiger partial charge in [-0.05, 0) is 37.0 Å². The summed E-state index contributed by atoms with van der Waals surface area (Å²) in [4.78, 5) is 4.22. The van der Waals surface area contributed by atoms with E-state index >= 15 is 0 Å². The number of guanidine groups is 1. The molecule has 2 saturated heterocycles. The average molecular weight is 452 g/mol. The second kappa shape index (κ2) is 8.50. The first kappa shape index (κ1) is 18.8. The van der Waals surface area contributed by atoms with Crippen molar-refractivity contribution in [2.45, 2.75) is 43.6 Å². The summed E-state index contributed by atoms with van der Waals surface area (Å²) >= 11 is 5.85. The van der Waals surface area contributed by atoms with Crippen molar-refractivity contribution >= 4 is 41.5 Å². The van der Waals surface area contributed by atoms with E-state index in [1.165, 1.54) is 6.42 Å². The maximum atomic E-state index is 10.2. The molecule has 2 heterocycles. The first-order valence-corrected chi connectivity index (χ1v) is 8.09. The molecular formula is C16H23ClIN3O2. The van der Waals surface area contributed by atoms with Crippen molar-refractivity contribution in [1.29, 1.82) is 0 Å². The molecule has 4 unspecified atom stereocenters. The summed E-state index contributed by atoms with van der Waals surface area (Å²) in [5, 5.41) is 17.4. The summed E-state index contributed by atoms with van der Waals surface area (Å²) in [6.07, 6.45) is 3.42. The van der Waals surface area contributed by atoms with Crippen molar-refractivity contribution < 1.29 is 9.84 Å². The van der Waals surface area contributed by atoms with Crippen molar-refractivity contribution in [2.24, 2.45) is 4.99 Å². The predicted octanol–water partition coefficient (Wildman–Crippen LogP) is 2.48. The van der Waals surface area contributed by atoms with Crippen molar-refractivity contribution in [2.75, 3.05) is 13.6 Å². The molecule has 3 rings (SSSR count). The summed E-state index contributed by atoms with van der Waals surface area (Å²) in [5.74, 6) is 0.703. The lowest BCUT2D eigenvalue weighted by atomic mass is 9.96. The quantitative estimate of drug-likeness (QED) is 0.374. The van der Waals surface area contributed by atoms with Crippen molar-refractivity contribution in [3.8, 4) is 0 Å². The molecule has 2 aliphatic rings. The van der Waals surface area contributed by atoms with Crippen LogP contribution in [0.3, 0.4) is 0 Å².